The minimum Gasteiger partial charge on any atom is -0.370 e. The first-order chi connectivity index (χ1) is 9.60. The van der Waals surface area contributed by atoms with Gasteiger partial charge in [-0.25, -0.2) is 4.98 Å². The molecule has 0 fully saturated rings. The van der Waals surface area contributed by atoms with Crippen molar-refractivity contribution in [2.24, 2.45) is 0 Å². The quantitative estimate of drug-likeness (QED) is 0.908. The average Bonchev–Trinajstić information content (AvgIpc) is 2.41. The van der Waals surface area contributed by atoms with Crippen molar-refractivity contribution >= 4 is 29.0 Å². The number of carbonyl (C=O) groups excluding carboxylic acids is 1. The number of rotatable bonds is 4. The summed E-state index contributed by atoms with van der Waals surface area (Å²) in [6, 6.07) is 5.15. The third kappa shape index (κ3) is 3.45. The molecule has 2 N–H and O–H groups in total. The first-order valence-corrected chi connectivity index (χ1v) is 6.61. The molecular weight excluding hydrogens is 276 g/mol. The van der Waals surface area contributed by atoms with Gasteiger partial charge in [0.2, 0.25) is 0 Å². The maximum Gasteiger partial charge on any atom is 0.257 e. The smallest absolute Gasteiger partial charge is 0.257 e. The van der Waals surface area contributed by atoms with Gasteiger partial charge in [-0.05, 0) is 32.0 Å². The predicted molar refractivity (Wildman–Crippen MR) is 80.3 cm³/mol. The van der Waals surface area contributed by atoms with E-state index in [9.17, 15) is 4.79 Å². The van der Waals surface area contributed by atoms with Gasteiger partial charge < -0.3 is 10.6 Å². The first kappa shape index (κ1) is 14.3. The van der Waals surface area contributed by atoms with Crippen LogP contribution < -0.4 is 10.6 Å². The van der Waals surface area contributed by atoms with Crippen LogP contribution in [0.4, 0.5) is 11.5 Å². The van der Waals surface area contributed by atoms with Crippen LogP contribution in [-0.2, 0) is 0 Å². The fourth-order valence-electron chi connectivity index (χ4n) is 1.71. The van der Waals surface area contributed by atoms with E-state index in [2.05, 4.69) is 20.6 Å². The van der Waals surface area contributed by atoms with Gasteiger partial charge >= 0.3 is 0 Å². The Balaban J connectivity index is 2.22. The highest BCUT2D eigenvalue weighted by Gasteiger charge is 2.12. The van der Waals surface area contributed by atoms with Crippen molar-refractivity contribution in [3.05, 3.63) is 46.9 Å². The van der Waals surface area contributed by atoms with Crippen LogP contribution >= 0.6 is 11.6 Å². The fourth-order valence-corrected chi connectivity index (χ4v) is 1.90. The Morgan fingerprint density at radius 2 is 2.15 bits per heavy atom. The predicted octanol–water partition coefficient (Wildman–Crippen LogP) is 3.12. The summed E-state index contributed by atoms with van der Waals surface area (Å²) in [4.78, 5) is 20.4. The van der Waals surface area contributed by atoms with Crippen LogP contribution in [-0.4, -0.2) is 22.4 Å². The minimum absolute atomic E-state index is 0.276. The van der Waals surface area contributed by atoms with Crippen molar-refractivity contribution in [2.75, 3.05) is 17.2 Å². The molecule has 0 atom stereocenters. The molecule has 1 amide bonds. The number of hydrogen-bond acceptors (Lipinski definition) is 4. The standard InChI is InChI=1S/C14H15ClN4O/c1-3-16-13-7-11(12(15)8-18-13)14(20)19-10-4-5-17-9(2)6-10/h4-8H,3H2,1-2H3,(H,16,18)(H,17,19,20). The average molecular weight is 291 g/mol. The molecule has 2 rings (SSSR count). The van der Waals surface area contributed by atoms with Gasteiger partial charge in [-0.15, -0.1) is 0 Å². The zero-order chi connectivity index (χ0) is 14.5. The number of hydrogen-bond donors (Lipinski definition) is 2. The maximum atomic E-state index is 12.2. The third-order valence-corrected chi connectivity index (χ3v) is 2.91. The maximum absolute atomic E-state index is 12.2. The summed E-state index contributed by atoms with van der Waals surface area (Å²) in [7, 11) is 0. The molecule has 0 aliphatic rings. The van der Waals surface area contributed by atoms with Crippen LogP contribution in [0.2, 0.25) is 5.02 Å². The van der Waals surface area contributed by atoms with E-state index in [1.165, 1.54) is 6.20 Å². The second-order valence-electron chi connectivity index (χ2n) is 4.22. The molecular formula is C14H15ClN4O. The summed E-state index contributed by atoms with van der Waals surface area (Å²) >= 11 is 6.03. The molecule has 6 heteroatoms. The van der Waals surface area contributed by atoms with Crippen LogP contribution in [0.3, 0.4) is 0 Å². The van der Waals surface area contributed by atoms with Gasteiger partial charge in [-0.3, -0.25) is 9.78 Å². The van der Waals surface area contributed by atoms with E-state index in [1.807, 2.05) is 13.8 Å². The van der Waals surface area contributed by atoms with Gasteiger partial charge in [0.05, 0.1) is 10.6 Å². The summed E-state index contributed by atoms with van der Waals surface area (Å²) in [5, 5.41) is 6.15. The summed E-state index contributed by atoms with van der Waals surface area (Å²) in [5.74, 6) is 0.343. The zero-order valence-electron chi connectivity index (χ0n) is 11.3. The molecule has 0 bridgehead atoms. The third-order valence-electron chi connectivity index (χ3n) is 2.61. The highest BCUT2D eigenvalue weighted by molar-refractivity contribution is 6.34. The van der Waals surface area contributed by atoms with Crippen LogP contribution in [0.25, 0.3) is 0 Å². The lowest BCUT2D eigenvalue weighted by Crippen LogP contribution is -2.13. The molecule has 104 valence electrons. The van der Waals surface area contributed by atoms with Crippen LogP contribution in [0.5, 0.6) is 0 Å². The number of halogens is 1. The molecule has 2 aromatic heterocycles. The van der Waals surface area contributed by atoms with Gasteiger partial charge in [0, 0.05) is 30.3 Å². The second kappa shape index (κ2) is 6.34. The summed E-state index contributed by atoms with van der Waals surface area (Å²) in [6.45, 7) is 4.54. The molecule has 0 spiro atoms. The van der Waals surface area contributed by atoms with Gasteiger partial charge in [0.15, 0.2) is 0 Å². The number of anilines is 2. The van der Waals surface area contributed by atoms with Crippen molar-refractivity contribution in [3.8, 4) is 0 Å². The normalized spacial score (nSPS) is 10.2. The van der Waals surface area contributed by atoms with Crippen molar-refractivity contribution in [2.45, 2.75) is 13.8 Å². The largest absolute Gasteiger partial charge is 0.370 e. The molecule has 0 radical (unpaired) electrons. The molecule has 5 nitrogen and oxygen atoms in total. The van der Waals surface area contributed by atoms with Crippen molar-refractivity contribution in [3.63, 3.8) is 0 Å². The Morgan fingerprint density at radius 3 is 2.85 bits per heavy atom. The van der Waals surface area contributed by atoms with E-state index in [1.54, 1.807) is 24.4 Å². The Bertz CT molecular complexity index is 630. The lowest BCUT2D eigenvalue weighted by atomic mass is 10.2. The highest BCUT2D eigenvalue weighted by Crippen LogP contribution is 2.19. The molecule has 2 aromatic rings. The first-order valence-electron chi connectivity index (χ1n) is 6.23. The van der Waals surface area contributed by atoms with Gasteiger partial charge in [-0.2, -0.15) is 0 Å². The Morgan fingerprint density at radius 1 is 1.35 bits per heavy atom. The molecule has 20 heavy (non-hydrogen) atoms. The van der Waals surface area contributed by atoms with Gasteiger partial charge in [-0.1, -0.05) is 11.6 Å². The summed E-state index contributed by atoms with van der Waals surface area (Å²) < 4.78 is 0. The lowest BCUT2D eigenvalue weighted by Gasteiger charge is -2.09. The summed E-state index contributed by atoms with van der Waals surface area (Å²) in [6.07, 6.45) is 3.11. The molecule has 0 aromatic carbocycles. The van der Waals surface area contributed by atoms with Crippen molar-refractivity contribution < 1.29 is 4.79 Å². The number of carbonyl (C=O) groups is 1. The fraction of sp³-hybridized carbons (Fsp3) is 0.214. The Labute approximate surface area is 122 Å². The Hall–Kier alpha value is -2.14. The van der Waals surface area contributed by atoms with E-state index in [0.29, 0.717) is 22.1 Å². The number of aromatic nitrogens is 2. The highest BCUT2D eigenvalue weighted by atomic mass is 35.5. The molecule has 0 saturated carbocycles. The van der Waals surface area contributed by atoms with Gasteiger partial charge in [0.25, 0.3) is 5.91 Å². The number of aryl methyl sites for hydroxylation is 1. The van der Waals surface area contributed by atoms with E-state index in [-0.39, 0.29) is 5.91 Å². The van der Waals surface area contributed by atoms with E-state index in [0.717, 1.165) is 12.2 Å². The molecule has 2 heterocycles. The van der Waals surface area contributed by atoms with Gasteiger partial charge in [0.1, 0.15) is 5.82 Å². The van der Waals surface area contributed by atoms with Crippen LogP contribution in [0, 0.1) is 6.92 Å². The molecule has 0 saturated heterocycles. The number of amides is 1. The van der Waals surface area contributed by atoms with Crippen LogP contribution in [0.15, 0.2) is 30.6 Å². The topological polar surface area (TPSA) is 66.9 Å². The monoisotopic (exact) mass is 290 g/mol. The second-order valence-corrected chi connectivity index (χ2v) is 4.63. The SMILES string of the molecule is CCNc1cc(C(=O)Nc2ccnc(C)c2)c(Cl)cn1. The Kier molecular flexibility index (Phi) is 4.53. The molecule has 0 unspecified atom stereocenters. The van der Waals surface area contributed by atoms with Crippen molar-refractivity contribution in [1.29, 1.82) is 0 Å². The van der Waals surface area contributed by atoms with Crippen LogP contribution in [0.1, 0.15) is 23.0 Å². The lowest BCUT2D eigenvalue weighted by molar-refractivity contribution is 0.102. The number of nitrogens with zero attached hydrogens (tertiary/aromatic N) is 2. The summed E-state index contributed by atoms with van der Waals surface area (Å²) in [5.41, 5.74) is 1.89. The number of nitrogens with one attached hydrogen (secondary N) is 2. The molecule has 0 aliphatic heterocycles. The van der Waals surface area contributed by atoms with Crippen molar-refractivity contribution in [1.82, 2.24) is 9.97 Å². The minimum atomic E-state index is -0.276. The van der Waals surface area contributed by atoms with E-state index < -0.39 is 0 Å². The molecule has 0 aliphatic carbocycles. The van der Waals surface area contributed by atoms with E-state index >= 15 is 0 Å². The number of pyridine rings is 2. The van der Waals surface area contributed by atoms with E-state index in [4.69, 9.17) is 11.6 Å². The zero-order valence-corrected chi connectivity index (χ0v) is 12.0.